The molecule has 2 heteroatoms. The molecule has 316 valence electrons. The van der Waals surface area contributed by atoms with E-state index in [2.05, 4.69) is 216 Å². The molecule has 0 aromatic heterocycles. The van der Waals surface area contributed by atoms with E-state index in [1.54, 1.807) is 0 Å². The zero-order chi connectivity index (χ0) is 43.4. The molecular formula is C64H50N2. The lowest BCUT2D eigenvalue weighted by molar-refractivity contribution is 0.530. The van der Waals surface area contributed by atoms with Crippen LogP contribution in [0.1, 0.15) is 73.6 Å². The quantitative estimate of drug-likeness (QED) is 0.163. The lowest BCUT2D eigenvalue weighted by Crippen LogP contribution is -2.33. The van der Waals surface area contributed by atoms with Gasteiger partial charge in [0.15, 0.2) is 0 Å². The first-order valence-corrected chi connectivity index (χ1v) is 24.3. The van der Waals surface area contributed by atoms with Crippen LogP contribution in [0, 0.1) is 0 Å². The van der Waals surface area contributed by atoms with Crippen molar-refractivity contribution in [3.8, 4) is 22.3 Å². The summed E-state index contributed by atoms with van der Waals surface area (Å²) in [6.45, 7) is 0. The highest BCUT2D eigenvalue weighted by molar-refractivity contribution is 6.26. The molecule has 2 aliphatic heterocycles. The minimum absolute atomic E-state index is 0.0272. The van der Waals surface area contributed by atoms with Crippen molar-refractivity contribution in [2.24, 2.45) is 0 Å². The van der Waals surface area contributed by atoms with Crippen molar-refractivity contribution >= 4 is 66.4 Å². The molecule has 0 N–H and O–H groups in total. The SMILES string of the molecule is c1ccc(N2c3ccccc3C3(CCCC3)c3ccc(-c4cc5cc(-c6ccc7c(c6)N(c6ccccc6)c6ccccc6C76CCCC6)c6ccccc6c5c5ccccc45)cc32)cc1. The molecule has 66 heavy (non-hydrogen) atoms. The Morgan fingerprint density at radius 2 is 0.667 bits per heavy atom. The number of benzene rings is 10. The van der Waals surface area contributed by atoms with Gasteiger partial charge in [-0.05, 0) is 163 Å². The van der Waals surface area contributed by atoms with Gasteiger partial charge in [0.1, 0.15) is 0 Å². The molecule has 14 rings (SSSR count). The molecule has 10 aromatic rings. The van der Waals surface area contributed by atoms with E-state index in [1.165, 1.54) is 162 Å². The summed E-state index contributed by atoms with van der Waals surface area (Å²) in [5.74, 6) is 0. The van der Waals surface area contributed by atoms with Crippen molar-refractivity contribution in [1.82, 2.24) is 0 Å². The van der Waals surface area contributed by atoms with Gasteiger partial charge in [-0.2, -0.15) is 0 Å². The summed E-state index contributed by atoms with van der Waals surface area (Å²) in [6.07, 6.45) is 9.79. The normalized spacial score (nSPS) is 16.5. The highest BCUT2D eigenvalue weighted by atomic mass is 15.2. The maximum atomic E-state index is 2.54. The average molecular weight is 847 g/mol. The second kappa shape index (κ2) is 14.5. The van der Waals surface area contributed by atoms with Crippen LogP contribution in [0.3, 0.4) is 0 Å². The zero-order valence-corrected chi connectivity index (χ0v) is 37.2. The fourth-order valence-electron chi connectivity index (χ4n) is 13.5. The van der Waals surface area contributed by atoms with E-state index in [9.17, 15) is 0 Å². The van der Waals surface area contributed by atoms with Gasteiger partial charge in [-0.1, -0.05) is 171 Å². The van der Waals surface area contributed by atoms with Crippen LogP contribution in [0.15, 0.2) is 206 Å². The van der Waals surface area contributed by atoms with Crippen LogP contribution in [0.4, 0.5) is 34.1 Å². The molecular weight excluding hydrogens is 797 g/mol. The van der Waals surface area contributed by atoms with Gasteiger partial charge in [0, 0.05) is 22.2 Å². The Kier molecular flexibility index (Phi) is 8.35. The number of para-hydroxylation sites is 4. The Hall–Kier alpha value is -7.42. The van der Waals surface area contributed by atoms with Gasteiger partial charge in [-0.3, -0.25) is 0 Å². The second-order valence-electron chi connectivity index (χ2n) is 19.5. The maximum absolute atomic E-state index is 2.54. The molecule has 2 nitrogen and oxygen atoms in total. The van der Waals surface area contributed by atoms with Crippen LogP contribution in [-0.4, -0.2) is 0 Å². The van der Waals surface area contributed by atoms with E-state index >= 15 is 0 Å². The van der Waals surface area contributed by atoms with Gasteiger partial charge < -0.3 is 9.80 Å². The first-order valence-electron chi connectivity index (χ1n) is 24.3. The monoisotopic (exact) mass is 846 g/mol. The summed E-state index contributed by atoms with van der Waals surface area (Å²) in [5.41, 5.74) is 18.6. The third-order valence-electron chi connectivity index (χ3n) is 16.3. The number of anilines is 6. The Morgan fingerprint density at radius 1 is 0.303 bits per heavy atom. The van der Waals surface area contributed by atoms with Crippen LogP contribution in [0.25, 0.3) is 54.6 Å². The molecule has 0 bridgehead atoms. The largest absolute Gasteiger partial charge is 0.310 e. The predicted octanol–water partition coefficient (Wildman–Crippen LogP) is 17.8. The van der Waals surface area contributed by atoms with E-state index in [-0.39, 0.29) is 10.8 Å². The van der Waals surface area contributed by atoms with Crippen LogP contribution < -0.4 is 9.80 Å². The standard InChI is InChI=1S/C64H50N2/c1-3-19-46(20-4-1)65-58-29-13-11-27-54(58)63(35-15-16-36-63)56-33-31-43(41-60(56)65)52-39-45-40-53(49-24-8-10-26-51(49)62(45)50-25-9-7-23-48(50)52)44-32-34-57-61(42-44)66(47-21-5-2-6-22-47)59-30-14-12-28-55(59)64(57)37-17-18-38-64/h1-14,19-34,39-42H,15-18,35-38H2. The van der Waals surface area contributed by atoms with Crippen LogP contribution in [0.2, 0.25) is 0 Å². The van der Waals surface area contributed by atoms with Gasteiger partial charge in [-0.15, -0.1) is 0 Å². The van der Waals surface area contributed by atoms with E-state index in [4.69, 9.17) is 0 Å². The van der Waals surface area contributed by atoms with Crippen LogP contribution in [0.5, 0.6) is 0 Å². The molecule has 2 heterocycles. The van der Waals surface area contributed by atoms with Crippen molar-refractivity contribution in [2.45, 2.75) is 62.2 Å². The van der Waals surface area contributed by atoms with E-state index in [0.717, 1.165) is 0 Å². The van der Waals surface area contributed by atoms with Crippen molar-refractivity contribution in [3.63, 3.8) is 0 Å². The van der Waals surface area contributed by atoms with Crippen molar-refractivity contribution in [3.05, 3.63) is 229 Å². The molecule has 0 saturated heterocycles. The Labute approximate surface area is 387 Å². The molecule has 2 spiro atoms. The summed E-state index contributed by atoms with van der Waals surface area (Å²) < 4.78 is 0. The molecule has 0 amide bonds. The van der Waals surface area contributed by atoms with Gasteiger partial charge in [0.05, 0.1) is 22.7 Å². The third-order valence-corrected chi connectivity index (χ3v) is 16.3. The lowest BCUT2D eigenvalue weighted by atomic mass is 9.69. The predicted molar refractivity (Wildman–Crippen MR) is 278 cm³/mol. The fourth-order valence-corrected chi connectivity index (χ4v) is 13.5. The molecule has 2 saturated carbocycles. The number of hydrogen-bond acceptors (Lipinski definition) is 2. The molecule has 0 radical (unpaired) electrons. The maximum Gasteiger partial charge on any atom is 0.0509 e. The van der Waals surface area contributed by atoms with Gasteiger partial charge >= 0.3 is 0 Å². The molecule has 10 aromatic carbocycles. The highest BCUT2D eigenvalue weighted by Gasteiger charge is 2.47. The minimum Gasteiger partial charge on any atom is -0.310 e. The lowest BCUT2D eigenvalue weighted by Gasteiger charge is -2.44. The summed E-state index contributed by atoms with van der Waals surface area (Å²) in [4.78, 5) is 5.07. The first kappa shape index (κ1) is 37.9. The average Bonchev–Trinajstić information content (AvgIpc) is 4.09. The van der Waals surface area contributed by atoms with E-state index in [0.29, 0.717) is 0 Å². The molecule has 0 unspecified atom stereocenters. The van der Waals surface area contributed by atoms with Crippen LogP contribution in [-0.2, 0) is 10.8 Å². The fraction of sp³-hybridized carbons (Fsp3) is 0.156. The molecule has 2 fully saturated rings. The number of rotatable bonds is 4. The third kappa shape index (κ3) is 5.36. The van der Waals surface area contributed by atoms with E-state index in [1.807, 2.05) is 0 Å². The van der Waals surface area contributed by atoms with Crippen LogP contribution >= 0.6 is 0 Å². The van der Waals surface area contributed by atoms with Crippen molar-refractivity contribution < 1.29 is 0 Å². The molecule has 0 atom stereocenters. The number of fused-ring (bicyclic) bond motifs is 13. The minimum atomic E-state index is 0.0272. The van der Waals surface area contributed by atoms with Gasteiger partial charge in [-0.25, -0.2) is 0 Å². The Bertz CT molecular complexity index is 3320. The van der Waals surface area contributed by atoms with E-state index < -0.39 is 0 Å². The van der Waals surface area contributed by atoms with Gasteiger partial charge in [0.25, 0.3) is 0 Å². The summed E-state index contributed by atoms with van der Waals surface area (Å²) >= 11 is 0. The molecule has 4 aliphatic rings. The Morgan fingerprint density at radius 3 is 1.11 bits per heavy atom. The summed E-state index contributed by atoms with van der Waals surface area (Å²) in [6, 6.07) is 78.6. The first-order chi connectivity index (χ1) is 32.7. The highest BCUT2D eigenvalue weighted by Crippen LogP contribution is 2.61. The topological polar surface area (TPSA) is 6.48 Å². The van der Waals surface area contributed by atoms with Gasteiger partial charge in [0.2, 0.25) is 0 Å². The summed E-state index contributed by atoms with van der Waals surface area (Å²) in [7, 11) is 0. The summed E-state index contributed by atoms with van der Waals surface area (Å²) in [5, 5.41) is 7.75. The molecule has 2 aliphatic carbocycles. The Balaban J connectivity index is 0.998. The second-order valence-corrected chi connectivity index (χ2v) is 19.5. The number of hydrogen-bond donors (Lipinski definition) is 0. The zero-order valence-electron chi connectivity index (χ0n) is 37.2. The number of nitrogens with zero attached hydrogens (tertiary/aromatic N) is 2. The smallest absolute Gasteiger partial charge is 0.0509 e. The van der Waals surface area contributed by atoms with Crippen molar-refractivity contribution in [2.75, 3.05) is 9.80 Å². The van der Waals surface area contributed by atoms with Crippen molar-refractivity contribution in [1.29, 1.82) is 0 Å².